The number of amides is 3. The second-order valence-corrected chi connectivity index (χ2v) is 4.36. The van der Waals surface area contributed by atoms with Crippen LogP contribution in [0.2, 0.25) is 0 Å². The van der Waals surface area contributed by atoms with Gasteiger partial charge in [-0.05, 0) is 30.9 Å². The van der Waals surface area contributed by atoms with E-state index in [1.54, 1.807) is 18.2 Å². The van der Waals surface area contributed by atoms with Crippen LogP contribution in [0.3, 0.4) is 0 Å². The summed E-state index contributed by atoms with van der Waals surface area (Å²) in [5.74, 6) is -0.505. The molecule has 0 aliphatic heterocycles. The normalized spacial score (nSPS) is 14.1. The summed E-state index contributed by atoms with van der Waals surface area (Å²) in [4.78, 5) is 22.6. The molecule has 0 aromatic heterocycles. The summed E-state index contributed by atoms with van der Waals surface area (Å²) in [6.45, 7) is 0.296. The van der Waals surface area contributed by atoms with E-state index in [1.807, 2.05) is 0 Å². The number of rotatable bonds is 4. The summed E-state index contributed by atoms with van der Waals surface area (Å²) in [6.07, 6.45) is 2.11. The molecule has 18 heavy (non-hydrogen) atoms. The van der Waals surface area contributed by atoms with Gasteiger partial charge < -0.3 is 5.32 Å². The van der Waals surface area contributed by atoms with Crippen molar-refractivity contribution in [3.8, 4) is 0 Å². The highest BCUT2D eigenvalue weighted by molar-refractivity contribution is 5.96. The summed E-state index contributed by atoms with van der Waals surface area (Å²) in [5, 5.41) is 4.79. The first-order chi connectivity index (χ1) is 8.66. The van der Waals surface area contributed by atoms with Gasteiger partial charge in [0.25, 0.3) is 0 Å². The van der Waals surface area contributed by atoms with Gasteiger partial charge in [0, 0.05) is 12.5 Å². The molecule has 0 unspecified atom stereocenters. The molecule has 0 bridgehead atoms. The molecule has 0 saturated heterocycles. The molecule has 1 aromatic carbocycles. The van der Waals surface area contributed by atoms with Gasteiger partial charge in [-0.25, -0.2) is 9.18 Å². The summed E-state index contributed by atoms with van der Waals surface area (Å²) < 4.78 is 13.3. The zero-order chi connectivity index (χ0) is 13.0. The van der Waals surface area contributed by atoms with E-state index >= 15 is 0 Å². The fraction of sp³-hybridized carbons (Fsp3) is 0.385. The van der Waals surface area contributed by atoms with Crippen molar-refractivity contribution in [2.24, 2.45) is 5.92 Å². The van der Waals surface area contributed by atoms with Crippen molar-refractivity contribution >= 4 is 11.9 Å². The zero-order valence-electron chi connectivity index (χ0n) is 9.91. The topological polar surface area (TPSA) is 58.2 Å². The van der Waals surface area contributed by atoms with Crippen LogP contribution in [-0.2, 0) is 11.2 Å². The quantitative estimate of drug-likeness (QED) is 0.852. The molecule has 0 atom stereocenters. The Balaban J connectivity index is 1.70. The first-order valence-electron chi connectivity index (χ1n) is 5.99. The Labute approximate surface area is 105 Å². The van der Waals surface area contributed by atoms with Crippen molar-refractivity contribution in [3.05, 3.63) is 35.6 Å². The van der Waals surface area contributed by atoms with E-state index in [0.29, 0.717) is 18.5 Å². The molecule has 0 radical (unpaired) electrons. The molecule has 1 aliphatic carbocycles. The number of halogens is 1. The predicted molar refractivity (Wildman–Crippen MR) is 64.4 cm³/mol. The second kappa shape index (κ2) is 5.62. The molecule has 1 aliphatic rings. The standard InChI is InChI=1S/C13H15FN2O2/c14-11-4-2-1-3-9(11)7-8-15-13(18)16-12(17)10-5-6-10/h1-4,10H,5-8H2,(H2,15,16,17,18). The monoisotopic (exact) mass is 250 g/mol. The minimum atomic E-state index is -0.511. The number of imide groups is 1. The molecule has 2 N–H and O–H groups in total. The average Bonchev–Trinajstić information content (AvgIpc) is 3.15. The summed E-state index contributed by atoms with van der Waals surface area (Å²) in [6, 6.07) is 5.90. The second-order valence-electron chi connectivity index (χ2n) is 4.36. The van der Waals surface area contributed by atoms with Crippen molar-refractivity contribution in [1.82, 2.24) is 10.6 Å². The number of hydrogen-bond acceptors (Lipinski definition) is 2. The predicted octanol–water partition coefficient (Wildman–Crippen LogP) is 1.60. The van der Waals surface area contributed by atoms with E-state index in [-0.39, 0.29) is 17.6 Å². The largest absolute Gasteiger partial charge is 0.337 e. The van der Waals surface area contributed by atoms with Crippen LogP contribution in [0.4, 0.5) is 9.18 Å². The SMILES string of the molecule is O=C(NCCc1ccccc1F)NC(=O)C1CC1. The average molecular weight is 250 g/mol. The van der Waals surface area contributed by atoms with Crippen molar-refractivity contribution in [1.29, 1.82) is 0 Å². The lowest BCUT2D eigenvalue weighted by Crippen LogP contribution is -2.41. The molecule has 1 aromatic rings. The van der Waals surface area contributed by atoms with Gasteiger partial charge in [-0.15, -0.1) is 0 Å². The third-order valence-electron chi connectivity index (χ3n) is 2.82. The lowest BCUT2D eigenvalue weighted by Gasteiger charge is -2.06. The Bertz CT molecular complexity index is 458. The lowest BCUT2D eigenvalue weighted by atomic mass is 10.1. The van der Waals surface area contributed by atoms with Gasteiger partial charge in [0.05, 0.1) is 0 Å². The van der Waals surface area contributed by atoms with Crippen molar-refractivity contribution in [2.45, 2.75) is 19.3 Å². The molecule has 3 amide bonds. The van der Waals surface area contributed by atoms with Crippen LogP contribution in [0.1, 0.15) is 18.4 Å². The van der Waals surface area contributed by atoms with Gasteiger partial charge in [-0.3, -0.25) is 10.1 Å². The van der Waals surface area contributed by atoms with Crippen LogP contribution in [0.25, 0.3) is 0 Å². The fourth-order valence-electron chi connectivity index (χ4n) is 1.62. The minimum Gasteiger partial charge on any atom is -0.337 e. The molecule has 1 fully saturated rings. The van der Waals surface area contributed by atoms with Gasteiger partial charge in [0.1, 0.15) is 5.82 Å². The maximum Gasteiger partial charge on any atom is 0.321 e. The summed E-state index contributed by atoms with van der Waals surface area (Å²) in [5.41, 5.74) is 0.548. The first-order valence-corrected chi connectivity index (χ1v) is 5.99. The number of benzene rings is 1. The Morgan fingerprint density at radius 1 is 1.28 bits per heavy atom. The van der Waals surface area contributed by atoms with E-state index < -0.39 is 6.03 Å². The third kappa shape index (κ3) is 3.55. The van der Waals surface area contributed by atoms with E-state index in [0.717, 1.165) is 12.8 Å². The van der Waals surface area contributed by atoms with Gasteiger partial charge in [0.2, 0.25) is 5.91 Å². The van der Waals surface area contributed by atoms with Crippen LogP contribution in [-0.4, -0.2) is 18.5 Å². The smallest absolute Gasteiger partial charge is 0.321 e. The van der Waals surface area contributed by atoms with Gasteiger partial charge in [-0.1, -0.05) is 18.2 Å². The molecule has 4 nitrogen and oxygen atoms in total. The number of carbonyl (C=O) groups is 2. The molecule has 1 saturated carbocycles. The summed E-state index contributed by atoms with van der Waals surface area (Å²) >= 11 is 0. The molecule has 0 spiro atoms. The van der Waals surface area contributed by atoms with Crippen LogP contribution < -0.4 is 10.6 Å². The highest BCUT2D eigenvalue weighted by atomic mass is 19.1. The first kappa shape index (κ1) is 12.5. The van der Waals surface area contributed by atoms with Gasteiger partial charge in [0.15, 0.2) is 0 Å². The maximum absolute atomic E-state index is 13.3. The van der Waals surface area contributed by atoms with Gasteiger partial charge in [-0.2, -0.15) is 0 Å². The molecular weight excluding hydrogens is 235 g/mol. The Morgan fingerprint density at radius 3 is 2.67 bits per heavy atom. The van der Waals surface area contributed by atoms with E-state index in [1.165, 1.54) is 6.07 Å². The van der Waals surface area contributed by atoms with Crippen molar-refractivity contribution in [3.63, 3.8) is 0 Å². The highest BCUT2D eigenvalue weighted by Crippen LogP contribution is 2.28. The molecule has 96 valence electrons. The highest BCUT2D eigenvalue weighted by Gasteiger charge is 2.30. The Hall–Kier alpha value is -1.91. The number of urea groups is 1. The zero-order valence-corrected chi connectivity index (χ0v) is 9.91. The molecule has 2 rings (SSSR count). The van der Waals surface area contributed by atoms with Crippen LogP contribution in [0.15, 0.2) is 24.3 Å². The molecule has 0 heterocycles. The number of hydrogen-bond donors (Lipinski definition) is 2. The molecule has 5 heteroatoms. The number of carbonyl (C=O) groups excluding carboxylic acids is 2. The van der Waals surface area contributed by atoms with Crippen LogP contribution in [0.5, 0.6) is 0 Å². The van der Waals surface area contributed by atoms with E-state index in [2.05, 4.69) is 10.6 Å². The van der Waals surface area contributed by atoms with E-state index in [4.69, 9.17) is 0 Å². The van der Waals surface area contributed by atoms with Crippen LogP contribution >= 0.6 is 0 Å². The van der Waals surface area contributed by atoms with E-state index in [9.17, 15) is 14.0 Å². The third-order valence-corrected chi connectivity index (χ3v) is 2.82. The Kier molecular flexibility index (Phi) is 3.92. The lowest BCUT2D eigenvalue weighted by molar-refractivity contribution is -0.121. The summed E-state index contributed by atoms with van der Waals surface area (Å²) in [7, 11) is 0. The van der Waals surface area contributed by atoms with Gasteiger partial charge >= 0.3 is 6.03 Å². The van der Waals surface area contributed by atoms with Crippen LogP contribution in [0, 0.1) is 11.7 Å². The number of nitrogens with one attached hydrogen (secondary N) is 2. The van der Waals surface area contributed by atoms with Crippen molar-refractivity contribution < 1.29 is 14.0 Å². The maximum atomic E-state index is 13.3. The Morgan fingerprint density at radius 2 is 2.00 bits per heavy atom. The van der Waals surface area contributed by atoms with Crippen molar-refractivity contribution in [2.75, 3.05) is 6.54 Å². The minimum absolute atomic E-state index is 0.00215. The molecular formula is C13H15FN2O2. The fourth-order valence-corrected chi connectivity index (χ4v) is 1.62.